The van der Waals surface area contributed by atoms with Gasteiger partial charge in [-0.3, -0.25) is 9.59 Å². The number of pyridine rings is 1. The SMILES string of the molecule is Cc1cccc2nc(C(=O)NC3CC(=O)N(Cc4cccc(F)c4)C3)cn12. The van der Waals surface area contributed by atoms with Crippen LogP contribution in [0.25, 0.3) is 5.65 Å². The van der Waals surface area contributed by atoms with Crippen molar-refractivity contribution in [1.29, 1.82) is 0 Å². The number of amides is 2. The van der Waals surface area contributed by atoms with Crippen molar-refractivity contribution in [1.82, 2.24) is 19.6 Å². The number of rotatable bonds is 4. The molecule has 0 bridgehead atoms. The first-order chi connectivity index (χ1) is 13.0. The topological polar surface area (TPSA) is 66.7 Å². The van der Waals surface area contributed by atoms with E-state index in [1.807, 2.05) is 29.5 Å². The number of fused-ring (bicyclic) bond motifs is 1. The van der Waals surface area contributed by atoms with Crippen molar-refractivity contribution in [2.45, 2.75) is 25.9 Å². The van der Waals surface area contributed by atoms with E-state index in [0.717, 1.165) is 11.3 Å². The number of hydrogen-bond acceptors (Lipinski definition) is 3. The lowest BCUT2D eigenvalue weighted by atomic mass is 10.2. The minimum atomic E-state index is -0.328. The summed E-state index contributed by atoms with van der Waals surface area (Å²) in [5.74, 6) is -0.690. The van der Waals surface area contributed by atoms with E-state index in [9.17, 15) is 14.0 Å². The van der Waals surface area contributed by atoms with Gasteiger partial charge in [-0.15, -0.1) is 0 Å². The molecule has 4 rings (SSSR count). The minimum absolute atomic E-state index is 0.0598. The molecule has 1 saturated heterocycles. The molecule has 1 aromatic carbocycles. The Kier molecular flexibility index (Phi) is 4.35. The highest BCUT2D eigenvalue weighted by Crippen LogP contribution is 2.16. The molecule has 6 nitrogen and oxygen atoms in total. The fourth-order valence-corrected chi connectivity index (χ4v) is 3.39. The molecule has 1 aliphatic heterocycles. The zero-order valence-corrected chi connectivity index (χ0v) is 14.9. The van der Waals surface area contributed by atoms with Gasteiger partial charge in [0.25, 0.3) is 5.91 Å². The number of likely N-dealkylation sites (tertiary alicyclic amines) is 1. The molecule has 27 heavy (non-hydrogen) atoms. The highest BCUT2D eigenvalue weighted by molar-refractivity contribution is 5.93. The Hall–Kier alpha value is -3.22. The third-order valence-electron chi connectivity index (χ3n) is 4.74. The van der Waals surface area contributed by atoms with E-state index in [2.05, 4.69) is 10.3 Å². The molecule has 1 fully saturated rings. The number of halogens is 1. The number of carbonyl (C=O) groups excluding carboxylic acids is 2. The summed E-state index contributed by atoms with van der Waals surface area (Å²) in [7, 11) is 0. The van der Waals surface area contributed by atoms with E-state index < -0.39 is 0 Å². The molecule has 1 unspecified atom stereocenters. The molecule has 138 valence electrons. The number of carbonyl (C=O) groups is 2. The summed E-state index contributed by atoms with van der Waals surface area (Å²) in [4.78, 5) is 30.7. The highest BCUT2D eigenvalue weighted by Gasteiger charge is 2.31. The van der Waals surface area contributed by atoms with Crippen LogP contribution in [0.2, 0.25) is 0 Å². The van der Waals surface area contributed by atoms with Crippen LogP contribution < -0.4 is 5.32 Å². The molecule has 3 aromatic rings. The van der Waals surface area contributed by atoms with Gasteiger partial charge in [-0.05, 0) is 36.8 Å². The standard InChI is InChI=1S/C20H19FN4O2/c1-13-4-2-7-18-23-17(12-25(13)18)20(27)22-16-9-19(26)24(11-16)10-14-5-3-6-15(21)8-14/h2-8,12,16H,9-11H2,1H3,(H,22,27). The van der Waals surface area contributed by atoms with Gasteiger partial charge in [0.2, 0.25) is 5.91 Å². The van der Waals surface area contributed by atoms with Gasteiger partial charge in [-0.2, -0.15) is 0 Å². The van der Waals surface area contributed by atoms with Crippen molar-refractivity contribution in [3.63, 3.8) is 0 Å². The van der Waals surface area contributed by atoms with Crippen LogP contribution in [0.15, 0.2) is 48.7 Å². The zero-order chi connectivity index (χ0) is 19.0. The fraction of sp³-hybridized carbons (Fsp3) is 0.250. The van der Waals surface area contributed by atoms with Crippen LogP contribution in [0, 0.1) is 12.7 Å². The maximum atomic E-state index is 13.3. The van der Waals surface area contributed by atoms with Gasteiger partial charge in [0.05, 0.1) is 6.04 Å². The molecule has 0 saturated carbocycles. The molecule has 2 aromatic heterocycles. The summed E-state index contributed by atoms with van der Waals surface area (Å²) in [5.41, 5.74) is 2.73. The molecule has 2 amide bonds. The van der Waals surface area contributed by atoms with E-state index in [-0.39, 0.29) is 30.1 Å². The third-order valence-corrected chi connectivity index (χ3v) is 4.74. The van der Waals surface area contributed by atoms with E-state index in [1.165, 1.54) is 12.1 Å². The van der Waals surface area contributed by atoms with Crippen LogP contribution in [-0.4, -0.2) is 38.7 Å². The summed E-state index contributed by atoms with van der Waals surface area (Å²) in [5, 5.41) is 2.88. The molecular weight excluding hydrogens is 347 g/mol. The molecule has 7 heteroatoms. The van der Waals surface area contributed by atoms with Crippen LogP contribution >= 0.6 is 0 Å². The van der Waals surface area contributed by atoms with E-state index in [0.29, 0.717) is 24.4 Å². The maximum Gasteiger partial charge on any atom is 0.271 e. The van der Waals surface area contributed by atoms with Crippen LogP contribution in [0.1, 0.15) is 28.2 Å². The van der Waals surface area contributed by atoms with E-state index in [4.69, 9.17) is 0 Å². The highest BCUT2D eigenvalue weighted by atomic mass is 19.1. The van der Waals surface area contributed by atoms with Gasteiger partial charge in [0, 0.05) is 31.4 Å². The second-order valence-electron chi connectivity index (χ2n) is 6.80. The van der Waals surface area contributed by atoms with Crippen molar-refractivity contribution < 1.29 is 14.0 Å². The Morgan fingerprint density at radius 2 is 2.11 bits per heavy atom. The number of benzene rings is 1. The molecule has 0 aliphatic carbocycles. The van der Waals surface area contributed by atoms with Gasteiger partial charge in [0.1, 0.15) is 17.2 Å². The maximum absolute atomic E-state index is 13.3. The Balaban J connectivity index is 1.43. The third kappa shape index (κ3) is 3.53. The van der Waals surface area contributed by atoms with Crippen LogP contribution in [0.4, 0.5) is 4.39 Å². The first kappa shape index (κ1) is 17.2. The number of hydrogen-bond donors (Lipinski definition) is 1. The lowest BCUT2D eigenvalue weighted by Gasteiger charge is -2.17. The lowest BCUT2D eigenvalue weighted by Crippen LogP contribution is -2.37. The van der Waals surface area contributed by atoms with Gasteiger partial charge >= 0.3 is 0 Å². The normalized spacial score (nSPS) is 16.9. The largest absolute Gasteiger partial charge is 0.346 e. The van der Waals surface area contributed by atoms with Gasteiger partial charge in [-0.25, -0.2) is 9.37 Å². The molecule has 0 radical (unpaired) electrons. The van der Waals surface area contributed by atoms with Crippen molar-refractivity contribution in [3.8, 4) is 0 Å². The Morgan fingerprint density at radius 1 is 1.30 bits per heavy atom. The fourth-order valence-electron chi connectivity index (χ4n) is 3.39. The summed E-state index contributed by atoms with van der Waals surface area (Å²) in [6, 6.07) is 11.6. The first-order valence-corrected chi connectivity index (χ1v) is 8.77. The van der Waals surface area contributed by atoms with Gasteiger partial charge in [0.15, 0.2) is 0 Å². The van der Waals surface area contributed by atoms with Gasteiger partial charge < -0.3 is 14.6 Å². The summed E-state index contributed by atoms with van der Waals surface area (Å²) in [6.07, 6.45) is 1.93. The van der Waals surface area contributed by atoms with Crippen LogP contribution in [-0.2, 0) is 11.3 Å². The number of aromatic nitrogens is 2. The summed E-state index contributed by atoms with van der Waals surface area (Å²) < 4.78 is 15.2. The molecule has 1 N–H and O–H groups in total. The Labute approximate surface area is 155 Å². The smallest absolute Gasteiger partial charge is 0.271 e. The lowest BCUT2D eigenvalue weighted by molar-refractivity contribution is -0.128. The second-order valence-corrected chi connectivity index (χ2v) is 6.80. The average molecular weight is 366 g/mol. The second kappa shape index (κ2) is 6.83. The molecular formula is C20H19FN4O2. The summed E-state index contributed by atoms with van der Waals surface area (Å²) in [6.45, 7) is 2.67. The predicted octanol–water partition coefficient (Wildman–Crippen LogP) is 2.31. The van der Waals surface area contributed by atoms with Crippen molar-refractivity contribution in [3.05, 3.63) is 71.4 Å². The number of aryl methyl sites for hydroxylation is 1. The average Bonchev–Trinajstić information content (AvgIpc) is 3.20. The predicted molar refractivity (Wildman–Crippen MR) is 97.6 cm³/mol. The van der Waals surface area contributed by atoms with Crippen LogP contribution in [0.5, 0.6) is 0 Å². The van der Waals surface area contributed by atoms with Crippen LogP contribution in [0.3, 0.4) is 0 Å². The number of imidazole rings is 1. The zero-order valence-electron chi connectivity index (χ0n) is 14.9. The quantitative estimate of drug-likeness (QED) is 0.771. The summed E-state index contributed by atoms with van der Waals surface area (Å²) >= 11 is 0. The Morgan fingerprint density at radius 3 is 2.89 bits per heavy atom. The monoisotopic (exact) mass is 366 g/mol. The van der Waals surface area contributed by atoms with Gasteiger partial charge in [-0.1, -0.05) is 18.2 Å². The molecule has 1 atom stereocenters. The van der Waals surface area contributed by atoms with E-state index in [1.54, 1.807) is 23.2 Å². The first-order valence-electron chi connectivity index (χ1n) is 8.77. The molecule has 3 heterocycles. The van der Waals surface area contributed by atoms with Crippen molar-refractivity contribution in [2.75, 3.05) is 6.54 Å². The minimum Gasteiger partial charge on any atom is -0.346 e. The number of nitrogens with zero attached hydrogens (tertiary/aromatic N) is 3. The van der Waals surface area contributed by atoms with E-state index >= 15 is 0 Å². The van der Waals surface area contributed by atoms with Crippen molar-refractivity contribution in [2.24, 2.45) is 0 Å². The van der Waals surface area contributed by atoms with Crippen molar-refractivity contribution >= 4 is 17.5 Å². The number of nitrogens with one attached hydrogen (secondary N) is 1. The molecule has 1 aliphatic rings. The Bertz CT molecular complexity index is 1030. The molecule has 0 spiro atoms.